The molecule has 6 nitrogen and oxygen atoms in total. The minimum atomic E-state index is 0.560. The predicted molar refractivity (Wildman–Crippen MR) is 105 cm³/mol. The number of rotatable bonds is 5. The first-order valence-electron chi connectivity index (χ1n) is 9.64. The van der Waals surface area contributed by atoms with Gasteiger partial charge < -0.3 is 0 Å². The van der Waals surface area contributed by atoms with Crippen LogP contribution in [-0.4, -0.2) is 43.2 Å². The zero-order chi connectivity index (χ0) is 18.6. The van der Waals surface area contributed by atoms with Crippen molar-refractivity contribution in [3.63, 3.8) is 0 Å². The molecule has 2 aromatic heterocycles. The summed E-state index contributed by atoms with van der Waals surface area (Å²) in [5, 5.41) is 13.0. The van der Waals surface area contributed by atoms with Crippen molar-refractivity contribution < 1.29 is 0 Å². The molecule has 27 heavy (non-hydrogen) atoms. The third-order valence-electron chi connectivity index (χ3n) is 5.39. The Bertz CT molecular complexity index is 889. The highest BCUT2D eigenvalue weighted by Crippen LogP contribution is 2.21. The summed E-state index contributed by atoms with van der Waals surface area (Å²) in [6.45, 7) is 8.44. The first-order chi connectivity index (χ1) is 13.2. The second-order valence-electron chi connectivity index (χ2n) is 7.57. The van der Waals surface area contributed by atoms with Gasteiger partial charge in [-0.2, -0.15) is 4.80 Å². The fraction of sp³-hybridized carbons (Fsp3) is 0.429. The Labute approximate surface area is 160 Å². The van der Waals surface area contributed by atoms with E-state index in [0.29, 0.717) is 11.7 Å². The fourth-order valence-electron chi connectivity index (χ4n) is 3.77. The SMILES string of the molecule is Cc1ccc(CN2CCC[C@H](Cn3nnc(-c4ccncc4)n3)C2)cc1C. The molecule has 3 heterocycles. The minimum Gasteiger partial charge on any atom is -0.299 e. The summed E-state index contributed by atoms with van der Waals surface area (Å²) in [4.78, 5) is 8.34. The van der Waals surface area contributed by atoms with Gasteiger partial charge in [0.05, 0.1) is 6.54 Å². The fourth-order valence-corrected chi connectivity index (χ4v) is 3.77. The molecule has 3 aromatic rings. The van der Waals surface area contributed by atoms with E-state index in [1.807, 2.05) is 12.1 Å². The smallest absolute Gasteiger partial charge is 0.205 e. The molecule has 0 radical (unpaired) electrons. The highest BCUT2D eigenvalue weighted by molar-refractivity contribution is 5.51. The van der Waals surface area contributed by atoms with Crippen LogP contribution < -0.4 is 0 Å². The molecule has 1 fully saturated rings. The van der Waals surface area contributed by atoms with E-state index in [-0.39, 0.29) is 0 Å². The molecule has 4 rings (SSSR count). The van der Waals surface area contributed by atoms with Crippen LogP contribution in [0.4, 0.5) is 0 Å². The quantitative estimate of drug-likeness (QED) is 0.697. The second kappa shape index (κ2) is 7.96. The van der Waals surface area contributed by atoms with Crippen molar-refractivity contribution in [2.45, 2.75) is 39.8 Å². The highest BCUT2D eigenvalue weighted by atomic mass is 15.6. The first-order valence-corrected chi connectivity index (χ1v) is 9.64. The number of likely N-dealkylation sites (tertiary alicyclic amines) is 1. The zero-order valence-corrected chi connectivity index (χ0v) is 16.0. The Morgan fingerprint density at radius 1 is 1.07 bits per heavy atom. The molecule has 0 aliphatic carbocycles. The summed E-state index contributed by atoms with van der Waals surface area (Å²) < 4.78 is 0. The third kappa shape index (κ3) is 4.39. The van der Waals surface area contributed by atoms with Crippen LogP contribution in [0, 0.1) is 19.8 Å². The lowest BCUT2D eigenvalue weighted by atomic mass is 9.97. The highest BCUT2D eigenvalue weighted by Gasteiger charge is 2.21. The van der Waals surface area contributed by atoms with Gasteiger partial charge in [0.25, 0.3) is 0 Å². The molecule has 0 saturated carbocycles. The van der Waals surface area contributed by atoms with Crippen LogP contribution in [0.3, 0.4) is 0 Å². The zero-order valence-electron chi connectivity index (χ0n) is 16.0. The van der Waals surface area contributed by atoms with E-state index in [9.17, 15) is 0 Å². The van der Waals surface area contributed by atoms with Gasteiger partial charge in [0, 0.05) is 31.0 Å². The number of pyridine rings is 1. The van der Waals surface area contributed by atoms with Gasteiger partial charge in [-0.3, -0.25) is 9.88 Å². The molecule has 1 aromatic carbocycles. The van der Waals surface area contributed by atoms with Crippen LogP contribution in [0.15, 0.2) is 42.7 Å². The number of tetrazole rings is 1. The van der Waals surface area contributed by atoms with E-state index < -0.39 is 0 Å². The van der Waals surface area contributed by atoms with Crippen molar-refractivity contribution in [1.82, 2.24) is 30.1 Å². The van der Waals surface area contributed by atoms with Crippen molar-refractivity contribution in [3.8, 4) is 11.4 Å². The van der Waals surface area contributed by atoms with Gasteiger partial charge in [0.15, 0.2) is 0 Å². The summed E-state index contributed by atoms with van der Waals surface area (Å²) in [5.74, 6) is 1.23. The van der Waals surface area contributed by atoms with Gasteiger partial charge in [0.2, 0.25) is 5.82 Å². The molecule has 1 aliphatic rings. The lowest BCUT2D eigenvalue weighted by Crippen LogP contribution is -2.36. The van der Waals surface area contributed by atoms with Crippen LogP contribution in [0.5, 0.6) is 0 Å². The normalized spacial score (nSPS) is 17.9. The summed E-state index contributed by atoms with van der Waals surface area (Å²) in [6, 6.07) is 10.6. The first kappa shape index (κ1) is 17.8. The number of hydrogen-bond donors (Lipinski definition) is 0. The van der Waals surface area contributed by atoms with E-state index in [1.54, 1.807) is 17.2 Å². The molecule has 1 atom stereocenters. The average molecular weight is 362 g/mol. The maximum absolute atomic E-state index is 4.55. The van der Waals surface area contributed by atoms with Crippen molar-refractivity contribution >= 4 is 0 Å². The molecule has 140 valence electrons. The van der Waals surface area contributed by atoms with Crippen LogP contribution >= 0.6 is 0 Å². The lowest BCUT2D eigenvalue weighted by molar-refractivity contribution is 0.149. The van der Waals surface area contributed by atoms with Gasteiger partial charge in [-0.1, -0.05) is 18.2 Å². The van der Waals surface area contributed by atoms with Gasteiger partial charge >= 0.3 is 0 Å². The van der Waals surface area contributed by atoms with Gasteiger partial charge in [-0.25, -0.2) is 0 Å². The van der Waals surface area contributed by atoms with Gasteiger partial charge in [0.1, 0.15) is 0 Å². The largest absolute Gasteiger partial charge is 0.299 e. The van der Waals surface area contributed by atoms with Crippen molar-refractivity contribution in [3.05, 3.63) is 59.4 Å². The van der Waals surface area contributed by atoms with E-state index in [4.69, 9.17) is 0 Å². The van der Waals surface area contributed by atoms with Crippen molar-refractivity contribution in [1.29, 1.82) is 0 Å². The predicted octanol–water partition coefficient (Wildman–Crippen LogP) is 3.26. The number of aromatic nitrogens is 5. The number of hydrogen-bond acceptors (Lipinski definition) is 5. The number of nitrogens with zero attached hydrogens (tertiary/aromatic N) is 6. The van der Waals surface area contributed by atoms with Crippen molar-refractivity contribution in [2.24, 2.45) is 5.92 Å². The van der Waals surface area contributed by atoms with Crippen molar-refractivity contribution in [2.75, 3.05) is 13.1 Å². The minimum absolute atomic E-state index is 0.560. The Morgan fingerprint density at radius 3 is 2.74 bits per heavy atom. The standard InChI is InChI=1S/C21H26N6/c1-16-5-6-18(12-17(16)2)13-26-11-3-4-19(14-26)15-27-24-21(23-25-27)20-7-9-22-10-8-20/h5-10,12,19H,3-4,11,13-15H2,1-2H3/t19-/m0/s1. The molecule has 0 amide bonds. The van der Waals surface area contributed by atoms with Crippen LogP contribution in [-0.2, 0) is 13.1 Å². The third-order valence-corrected chi connectivity index (χ3v) is 5.39. The summed E-state index contributed by atoms with van der Waals surface area (Å²) in [7, 11) is 0. The van der Waals surface area contributed by atoms with E-state index >= 15 is 0 Å². The topological polar surface area (TPSA) is 59.7 Å². The molecular weight excluding hydrogens is 336 g/mol. The van der Waals surface area contributed by atoms with Crippen LogP contribution in [0.2, 0.25) is 0 Å². The molecule has 6 heteroatoms. The molecule has 0 spiro atoms. The molecule has 0 N–H and O–H groups in total. The monoisotopic (exact) mass is 362 g/mol. The summed E-state index contributed by atoms with van der Waals surface area (Å²) in [5.41, 5.74) is 5.09. The second-order valence-corrected chi connectivity index (χ2v) is 7.57. The maximum atomic E-state index is 4.55. The Balaban J connectivity index is 1.37. The molecule has 1 saturated heterocycles. The molecule has 0 unspecified atom stereocenters. The lowest BCUT2D eigenvalue weighted by Gasteiger charge is -2.32. The van der Waals surface area contributed by atoms with E-state index in [0.717, 1.165) is 31.7 Å². The molecular formula is C21H26N6. The molecule has 0 bridgehead atoms. The van der Waals surface area contributed by atoms with E-state index in [2.05, 4.69) is 57.3 Å². The maximum Gasteiger partial charge on any atom is 0.205 e. The van der Waals surface area contributed by atoms with E-state index in [1.165, 1.54) is 29.5 Å². The van der Waals surface area contributed by atoms with Crippen LogP contribution in [0.25, 0.3) is 11.4 Å². The number of benzene rings is 1. The summed E-state index contributed by atoms with van der Waals surface area (Å²) in [6.07, 6.45) is 5.95. The number of aryl methyl sites for hydroxylation is 2. The number of piperidine rings is 1. The van der Waals surface area contributed by atoms with Crippen LogP contribution in [0.1, 0.15) is 29.5 Å². The average Bonchev–Trinajstić information content (AvgIpc) is 3.14. The van der Waals surface area contributed by atoms with Gasteiger partial charge in [-0.05, 0) is 73.2 Å². The Hall–Kier alpha value is -2.60. The Kier molecular flexibility index (Phi) is 5.25. The van der Waals surface area contributed by atoms with Gasteiger partial charge in [-0.15, -0.1) is 10.2 Å². The summed E-state index contributed by atoms with van der Waals surface area (Å²) >= 11 is 0. The Morgan fingerprint density at radius 2 is 1.93 bits per heavy atom. The molecule has 1 aliphatic heterocycles.